The molecule has 0 N–H and O–H groups in total. The fraction of sp³-hybridized carbons (Fsp3) is 0.533. The smallest absolute Gasteiger partial charge is 0.0465 e. The van der Waals surface area contributed by atoms with Crippen LogP contribution in [-0.2, 0) is 32.5 Å². The van der Waals surface area contributed by atoms with E-state index in [4.69, 9.17) is 0 Å². The van der Waals surface area contributed by atoms with Crippen molar-refractivity contribution in [3.63, 3.8) is 0 Å². The first-order valence-corrected chi connectivity index (χ1v) is 37.9. The molecule has 0 unspecified atom stereocenters. The van der Waals surface area contributed by atoms with Crippen molar-refractivity contribution in [1.82, 2.24) is 0 Å². The fourth-order valence-electron chi connectivity index (χ4n) is 19.2. The molecule has 92 heavy (non-hydrogen) atoms. The molecular formula is C90H120N2. The number of unbranched alkanes of at least 4 members (excludes halogenated alkanes) is 20. The van der Waals surface area contributed by atoms with E-state index in [-0.39, 0.29) is 32.5 Å². The second-order valence-corrected chi connectivity index (χ2v) is 32.3. The Balaban J connectivity index is 1.12. The van der Waals surface area contributed by atoms with Crippen LogP contribution in [0, 0.1) is 0 Å². The van der Waals surface area contributed by atoms with Gasteiger partial charge < -0.3 is 9.80 Å². The lowest BCUT2D eigenvalue weighted by atomic mass is 9.68. The average Bonchev–Trinajstić information content (AvgIpc) is 1.53. The third kappa shape index (κ3) is 13.7. The fourth-order valence-corrected chi connectivity index (χ4v) is 19.2. The van der Waals surface area contributed by atoms with E-state index in [0.717, 1.165) is 12.8 Å². The standard InChI is InChI=1S/C90H120N2/c1-13-17-21-25-29-39-55-89(56-40-30-26-22-18-14-2)79-59-69(91(67-43-35-33-36-44-67)71-49-53-77-83(61-71)87(9,10)65-85(77,5)6)47-51-73(79)75-64-82-76(63-81(75)89)74-52-48-70(60-80(74)90(82,57-41-31-27-23-19-15-3)58-42-32-28-24-20-16-4)92(68-45-37-34-38-46-68)72-50-54-78-84(62-72)88(11,12)66-86(78,7)8/h33-38,43-54,59-64H,13-32,39-42,55-58,65-66H2,1-12H3. The molecule has 0 spiro atoms. The highest BCUT2D eigenvalue weighted by Crippen LogP contribution is 2.63. The van der Waals surface area contributed by atoms with E-state index in [1.165, 1.54) is 258 Å². The summed E-state index contributed by atoms with van der Waals surface area (Å²) in [4.78, 5) is 5.24. The zero-order valence-electron chi connectivity index (χ0n) is 60.0. The van der Waals surface area contributed by atoms with E-state index < -0.39 is 0 Å². The zero-order chi connectivity index (χ0) is 64.7. The molecule has 2 nitrogen and oxygen atoms in total. The minimum absolute atomic E-state index is 0.0956. The van der Waals surface area contributed by atoms with Crippen LogP contribution in [0.25, 0.3) is 22.3 Å². The Hall–Kier alpha value is -5.86. The summed E-state index contributed by atoms with van der Waals surface area (Å²) in [5, 5.41) is 0. The van der Waals surface area contributed by atoms with Gasteiger partial charge in [-0.05, 0) is 212 Å². The molecule has 0 amide bonds. The van der Waals surface area contributed by atoms with Gasteiger partial charge in [0.15, 0.2) is 0 Å². The van der Waals surface area contributed by atoms with Crippen LogP contribution in [0.4, 0.5) is 34.1 Å². The second-order valence-electron chi connectivity index (χ2n) is 32.3. The van der Waals surface area contributed by atoms with Crippen LogP contribution in [0.15, 0.2) is 146 Å². The molecule has 0 fully saturated rings. The molecule has 11 rings (SSSR count). The lowest BCUT2D eigenvalue weighted by Gasteiger charge is -2.35. The molecule has 0 atom stereocenters. The van der Waals surface area contributed by atoms with Gasteiger partial charge in [-0.25, -0.2) is 0 Å². The summed E-state index contributed by atoms with van der Waals surface area (Å²) in [6.07, 6.45) is 38.5. The van der Waals surface area contributed by atoms with Gasteiger partial charge in [0.25, 0.3) is 0 Å². The van der Waals surface area contributed by atoms with E-state index in [1.807, 2.05) is 0 Å². The maximum absolute atomic E-state index is 2.87. The first-order valence-electron chi connectivity index (χ1n) is 37.9. The minimum Gasteiger partial charge on any atom is -0.310 e. The molecule has 0 saturated carbocycles. The summed E-state index contributed by atoms with van der Waals surface area (Å²) in [5.41, 5.74) is 26.4. The number of rotatable bonds is 34. The summed E-state index contributed by atoms with van der Waals surface area (Å²) in [7, 11) is 0. The highest BCUT2D eigenvalue weighted by atomic mass is 15.1. The van der Waals surface area contributed by atoms with Crippen LogP contribution < -0.4 is 9.80 Å². The lowest BCUT2D eigenvalue weighted by molar-refractivity contribution is 0.394. The van der Waals surface area contributed by atoms with Crippen molar-refractivity contribution in [3.8, 4) is 22.3 Å². The van der Waals surface area contributed by atoms with Crippen molar-refractivity contribution in [3.05, 3.63) is 190 Å². The molecule has 0 aromatic heterocycles. The van der Waals surface area contributed by atoms with E-state index in [2.05, 4.69) is 238 Å². The number of hydrogen-bond acceptors (Lipinski definition) is 2. The monoisotopic (exact) mass is 1230 g/mol. The lowest BCUT2D eigenvalue weighted by Crippen LogP contribution is -2.27. The first kappa shape index (κ1) is 67.6. The topological polar surface area (TPSA) is 6.48 Å². The molecule has 0 heterocycles. The van der Waals surface area contributed by atoms with Crippen molar-refractivity contribution in [2.45, 2.75) is 308 Å². The molecule has 7 aromatic rings. The predicted molar refractivity (Wildman–Crippen MR) is 402 cm³/mol. The Morgan fingerprint density at radius 3 is 0.815 bits per heavy atom. The van der Waals surface area contributed by atoms with E-state index in [1.54, 1.807) is 22.3 Å². The normalized spacial score (nSPS) is 16.8. The third-order valence-corrected chi connectivity index (χ3v) is 23.4. The Labute approximate surface area is 561 Å². The van der Waals surface area contributed by atoms with Crippen molar-refractivity contribution >= 4 is 34.1 Å². The van der Waals surface area contributed by atoms with Gasteiger partial charge in [-0.3, -0.25) is 0 Å². The number of para-hydroxylation sites is 2. The number of hydrogen-bond donors (Lipinski definition) is 0. The molecule has 4 aliphatic carbocycles. The molecule has 7 aromatic carbocycles. The highest BCUT2D eigenvalue weighted by Gasteiger charge is 2.49. The van der Waals surface area contributed by atoms with Crippen molar-refractivity contribution < 1.29 is 0 Å². The molecular weight excluding hydrogens is 1110 g/mol. The van der Waals surface area contributed by atoms with Gasteiger partial charge in [0.05, 0.1) is 0 Å². The Bertz CT molecular complexity index is 3300. The first-order chi connectivity index (χ1) is 44.4. The summed E-state index contributed by atoms with van der Waals surface area (Å²) in [6, 6.07) is 59.3. The number of benzene rings is 7. The van der Waals surface area contributed by atoms with Crippen molar-refractivity contribution in [1.29, 1.82) is 0 Å². The van der Waals surface area contributed by atoms with Crippen LogP contribution in [0.2, 0.25) is 0 Å². The molecule has 0 bridgehead atoms. The summed E-state index contributed by atoms with van der Waals surface area (Å²) in [6.45, 7) is 29.2. The summed E-state index contributed by atoms with van der Waals surface area (Å²) >= 11 is 0. The number of anilines is 6. The summed E-state index contributed by atoms with van der Waals surface area (Å²) < 4.78 is 0. The van der Waals surface area contributed by atoms with Crippen LogP contribution in [0.1, 0.15) is 320 Å². The van der Waals surface area contributed by atoms with Gasteiger partial charge in [-0.15, -0.1) is 0 Å². The van der Waals surface area contributed by atoms with Gasteiger partial charge in [0, 0.05) is 45.0 Å². The zero-order valence-corrected chi connectivity index (χ0v) is 60.0. The Kier molecular flexibility index (Phi) is 21.3. The van der Waals surface area contributed by atoms with Crippen molar-refractivity contribution in [2.24, 2.45) is 0 Å². The number of nitrogens with zero attached hydrogens (tertiary/aromatic N) is 2. The molecule has 2 heteroatoms. The van der Waals surface area contributed by atoms with Gasteiger partial charge >= 0.3 is 0 Å². The molecule has 4 aliphatic rings. The Morgan fingerprint density at radius 2 is 0.500 bits per heavy atom. The Morgan fingerprint density at radius 1 is 0.239 bits per heavy atom. The predicted octanol–water partition coefficient (Wildman–Crippen LogP) is 28.1. The number of fused-ring (bicyclic) bond motifs is 8. The molecule has 0 saturated heterocycles. The van der Waals surface area contributed by atoms with E-state index in [9.17, 15) is 0 Å². The van der Waals surface area contributed by atoms with Crippen LogP contribution >= 0.6 is 0 Å². The van der Waals surface area contributed by atoms with Gasteiger partial charge in [-0.2, -0.15) is 0 Å². The third-order valence-electron chi connectivity index (χ3n) is 23.4. The largest absolute Gasteiger partial charge is 0.310 e. The van der Waals surface area contributed by atoms with Crippen molar-refractivity contribution in [2.75, 3.05) is 9.80 Å². The van der Waals surface area contributed by atoms with Gasteiger partial charge in [0.1, 0.15) is 0 Å². The highest BCUT2D eigenvalue weighted by molar-refractivity contribution is 5.93. The SMILES string of the molecule is CCCCCCCCC1(CCCCCCCC)c2cc(N(c3ccccc3)c3ccc4c(c3)C(C)(C)CC4(C)C)ccc2-c2cc3c(cc21)-c1ccc(N(c2ccccc2)c2ccc4c(c2)C(C)(C)CC4(C)C)cc1C3(CCCCCCCC)CCCCCCCC. The van der Waals surface area contributed by atoms with E-state index >= 15 is 0 Å². The maximum atomic E-state index is 2.87. The molecule has 490 valence electrons. The summed E-state index contributed by atoms with van der Waals surface area (Å²) in [5.74, 6) is 0. The van der Waals surface area contributed by atoms with Gasteiger partial charge in [-0.1, -0.05) is 298 Å². The average molecular weight is 1230 g/mol. The second kappa shape index (κ2) is 29.0. The molecule has 0 aliphatic heterocycles. The van der Waals surface area contributed by atoms with Gasteiger partial charge in [0.2, 0.25) is 0 Å². The van der Waals surface area contributed by atoms with E-state index in [0.29, 0.717) is 0 Å². The minimum atomic E-state index is -0.110. The van der Waals surface area contributed by atoms with Crippen LogP contribution in [0.3, 0.4) is 0 Å². The van der Waals surface area contributed by atoms with Crippen LogP contribution in [-0.4, -0.2) is 0 Å². The maximum Gasteiger partial charge on any atom is 0.0465 e. The van der Waals surface area contributed by atoms with Crippen LogP contribution in [0.5, 0.6) is 0 Å². The quantitative estimate of drug-likeness (QED) is 0.0371. The molecule has 0 radical (unpaired) electrons.